The average molecular weight is 673 g/mol. The van der Waals surface area contributed by atoms with Crippen molar-refractivity contribution in [3.63, 3.8) is 0 Å². The van der Waals surface area contributed by atoms with Gasteiger partial charge in [-0.15, -0.1) is 0 Å². The van der Waals surface area contributed by atoms with Crippen LogP contribution in [-0.4, -0.2) is 0 Å². The van der Waals surface area contributed by atoms with Crippen molar-refractivity contribution < 1.29 is 0 Å². The molecule has 8 aromatic rings. The molecule has 1 aliphatic carbocycles. The minimum atomic E-state index is -0.0928. The van der Waals surface area contributed by atoms with Crippen molar-refractivity contribution in [3.05, 3.63) is 187 Å². The number of hydrogen-bond donors (Lipinski definition) is 1. The number of anilines is 4. The Morgan fingerprint density at radius 1 is 0.490 bits per heavy atom. The van der Waals surface area contributed by atoms with Gasteiger partial charge in [-0.1, -0.05) is 159 Å². The van der Waals surface area contributed by atoms with E-state index in [1.807, 2.05) is 11.8 Å². The molecule has 0 amide bonds. The first kappa shape index (κ1) is 30.1. The molecular weight excluding hydrogens is 637 g/mol. The van der Waals surface area contributed by atoms with Crippen molar-refractivity contribution in [1.82, 2.24) is 0 Å². The maximum atomic E-state index is 3.89. The predicted octanol–water partition coefficient (Wildman–Crippen LogP) is 13.7. The molecule has 1 atom stereocenters. The Labute approximate surface area is 303 Å². The van der Waals surface area contributed by atoms with Gasteiger partial charge in [0.2, 0.25) is 0 Å². The standard InChI is InChI=1S/C48H36N2S/c1-48(2)43-20-12-11-18-38(43)39-27-25-36(30-44(39)48)50(34-23-21-32(22-24-34)31-13-5-3-6-14-31)35-26-28-41-42(29-35)37-17-9-10-19-40(37)45-46(41)51-47(49-45)33-15-7-4-8-16-33/h3-30,47,49H,1-2H3. The van der Waals surface area contributed by atoms with Gasteiger partial charge >= 0.3 is 0 Å². The summed E-state index contributed by atoms with van der Waals surface area (Å²) in [6.45, 7) is 4.72. The number of fused-ring (bicyclic) bond motifs is 9. The van der Waals surface area contributed by atoms with Crippen LogP contribution in [0, 0.1) is 0 Å². The second-order valence-electron chi connectivity index (χ2n) is 14.2. The second kappa shape index (κ2) is 11.7. The van der Waals surface area contributed by atoms with E-state index in [-0.39, 0.29) is 10.8 Å². The summed E-state index contributed by atoms with van der Waals surface area (Å²) < 4.78 is 0. The highest BCUT2D eigenvalue weighted by Gasteiger charge is 2.36. The lowest BCUT2D eigenvalue weighted by atomic mass is 9.82. The summed E-state index contributed by atoms with van der Waals surface area (Å²) >= 11 is 1.92. The molecule has 10 rings (SSSR count). The van der Waals surface area contributed by atoms with Crippen LogP contribution < -0.4 is 10.2 Å². The van der Waals surface area contributed by atoms with Gasteiger partial charge < -0.3 is 10.2 Å². The Morgan fingerprint density at radius 2 is 1.10 bits per heavy atom. The van der Waals surface area contributed by atoms with Crippen LogP contribution >= 0.6 is 11.8 Å². The van der Waals surface area contributed by atoms with Crippen molar-refractivity contribution in [2.24, 2.45) is 0 Å². The molecule has 0 spiro atoms. The van der Waals surface area contributed by atoms with E-state index in [0.717, 1.165) is 17.1 Å². The van der Waals surface area contributed by atoms with Gasteiger partial charge in [0.25, 0.3) is 0 Å². The molecule has 1 unspecified atom stereocenters. The van der Waals surface area contributed by atoms with E-state index in [0.29, 0.717) is 0 Å². The summed E-state index contributed by atoms with van der Waals surface area (Å²) in [5.41, 5.74) is 13.7. The van der Waals surface area contributed by atoms with Crippen molar-refractivity contribution >= 4 is 56.1 Å². The molecule has 244 valence electrons. The van der Waals surface area contributed by atoms with Crippen LogP contribution in [0.5, 0.6) is 0 Å². The van der Waals surface area contributed by atoms with Gasteiger partial charge in [0.05, 0.1) is 5.69 Å². The smallest absolute Gasteiger partial charge is 0.103 e. The first-order chi connectivity index (χ1) is 25.0. The number of hydrogen-bond acceptors (Lipinski definition) is 3. The third-order valence-corrected chi connectivity index (χ3v) is 12.2. The Balaban J connectivity index is 1.15. The summed E-state index contributed by atoms with van der Waals surface area (Å²) in [7, 11) is 0. The van der Waals surface area contributed by atoms with Gasteiger partial charge in [-0.2, -0.15) is 0 Å². The first-order valence-corrected chi connectivity index (χ1v) is 18.6. The topological polar surface area (TPSA) is 15.3 Å². The molecule has 1 heterocycles. The van der Waals surface area contributed by atoms with Crippen LogP contribution in [0.4, 0.5) is 22.7 Å². The summed E-state index contributed by atoms with van der Waals surface area (Å²) in [6, 6.07) is 62.3. The van der Waals surface area contributed by atoms with E-state index < -0.39 is 0 Å². The predicted molar refractivity (Wildman–Crippen MR) is 218 cm³/mol. The fourth-order valence-electron chi connectivity index (χ4n) is 8.32. The molecular formula is C48H36N2S. The Morgan fingerprint density at radius 3 is 1.90 bits per heavy atom. The van der Waals surface area contributed by atoms with Crippen LogP contribution in [0.3, 0.4) is 0 Å². The van der Waals surface area contributed by atoms with Crippen LogP contribution in [0.15, 0.2) is 175 Å². The zero-order valence-corrected chi connectivity index (χ0v) is 29.4. The number of thioether (sulfide) groups is 1. The van der Waals surface area contributed by atoms with Gasteiger partial charge in [-0.05, 0) is 91.5 Å². The van der Waals surface area contributed by atoms with Crippen LogP contribution in [-0.2, 0) is 5.41 Å². The highest BCUT2D eigenvalue weighted by molar-refractivity contribution is 8.00. The number of rotatable bonds is 5. The number of nitrogens with one attached hydrogen (secondary N) is 1. The van der Waals surface area contributed by atoms with Crippen molar-refractivity contribution in [3.8, 4) is 22.3 Å². The highest BCUT2D eigenvalue weighted by Crippen LogP contribution is 2.55. The minimum Gasteiger partial charge on any atom is -0.368 e. The highest BCUT2D eigenvalue weighted by atomic mass is 32.2. The molecule has 0 bridgehead atoms. The molecule has 2 aliphatic rings. The normalized spacial score (nSPS) is 15.3. The lowest BCUT2D eigenvalue weighted by molar-refractivity contribution is 0.660. The Hall–Kier alpha value is -5.77. The zero-order chi connectivity index (χ0) is 34.1. The lowest BCUT2D eigenvalue weighted by Crippen LogP contribution is -2.16. The van der Waals surface area contributed by atoms with Crippen molar-refractivity contribution in [2.75, 3.05) is 10.2 Å². The van der Waals surface area contributed by atoms with E-state index in [2.05, 4.69) is 194 Å². The van der Waals surface area contributed by atoms with E-state index in [9.17, 15) is 0 Å². The van der Waals surface area contributed by atoms with Crippen molar-refractivity contribution in [1.29, 1.82) is 0 Å². The van der Waals surface area contributed by atoms with Crippen molar-refractivity contribution in [2.45, 2.75) is 29.5 Å². The second-order valence-corrected chi connectivity index (χ2v) is 15.3. The van der Waals surface area contributed by atoms with Gasteiger partial charge in [-0.25, -0.2) is 0 Å². The number of benzene rings is 8. The summed E-state index contributed by atoms with van der Waals surface area (Å²) in [5.74, 6) is 0. The molecule has 1 aliphatic heterocycles. The summed E-state index contributed by atoms with van der Waals surface area (Å²) in [6.07, 6.45) is 0. The van der Waals surface area contributed by atoms with E-state index in [4.69, 9.17) is 0 Å². The summed E-state index contributed by atoms with van der Waals surface area (Å²) in [5, 5.41) is 9.14. The molecule has 0 aromatic heterocycles. The quantitative estimate of drug-likeness (QED) is 0.183. The van der Waals surface area contributed by atoms with Crippen LogP contribution in [0.25, 0.3) is 43.8 Å². The Kier molecular flexibility index (Phi) is 6.87. The molecule has 0 radical (unpaired) electrons. The van der Waals surface area contributed by atoms with E-state index in [1.165, 1.54) is 71.1 Å². The monoisotopic (exact) mass is 672 g/mol. The lowest BCUT2D eigenvalue weighted by Gasteiger charge is -2.28. The largest absolute Gasteiger partial charge is 0.368 e. The van der Waals surface area contributed by atoms with Gasteiger partial charge in [0.1, 0.15) is 5.37 Å². The molecule has 2 nitrogen and oxygen atoms in total. The van der Waals surface area contributed by atoms with E-state index in [1.54, 1.807) is 0 Å². The SMILES string of the molecule is CC1(C)c2ccccc2-c2ccc(N(c3ccc(-c4ccccc4)cc3)c3ccc4c5c(c6ccccc6c4c3)NC(c3ccccc3)S5)cc21. The molecule has 0 fully saturated rings. The zero-order valence-electron chi connectivity index (χ0n) is 28.6. The van der Waals surface area contributed by atoms with Crippen LogP contribution in [0.1, 0.15) is 35.9 Å². The summed E-state index contributed by atoms with van der Waals surface area (Å²) in [4.78, 5) is 3.76. The molecule has 0 saturated carbocycles. The maximum absolute atomic E-state index is 3.89. The van der Waals surface area contributed by atoms with Gasteiger partial charge in [-0.3, -0.25) is 0 Å². The third kappa shape index (κ3) is 4.80. The average Bonchev–Trinajstić information content (AvgIpc) is 3.74. The number of nitrogens with zero attached hydrogens (tertiary/aromatic N) is 1. The molecule has 0 saturated heterocycles. The van der Waals surface area contributed by atoms with Gasteiger partial charge in [0, 0.05) is 32.8 Å². The fraction of sp³-hybridized carbons (Fsp3) is 0.0833. The van der Waals surface area contributed by atoms with Gasteiger partial charge in [0.15, 0.2) is 0 Å². The fourth-order valence-corrected chi connectivity index (χ4v) is 9.62. The first-order valence-electron chi connectivity index (χ1n) is 17.7. The minimum absolute atomic E-state index is 0.0928. The molecule has 51 heavy (non-hydrogen) atoms. The third-order valence-electron chi connectivity index (χ3n) is 10.9. The molecule has 1 N–H and O–H groups in total. The van der Waals surface area contributed by atoms with Crippen LogP contribution in [0.2, 0.25) is 0 Å². The maximum Gasteiger partial charge on any atom is 0.103 e. The molecule has 8 aromatic carbocycles. The molecule has 3 heteroatoms. The Bertz CT molecular complexity index is 2610. The van der Waals surface area contributed by atoms with E-state index >= 15 is 0 Å².